The molecule has 0 aliphatic rings. The highest BCUT2D eigenvalue weighted by atomic mass is 19.4. The van der Waals surface area contributed by atoms with Crippen LogP contribution >= 0.6 is 0 Å². The maximum Gasteiger partial charge on any atom is 0.417 e. The van der Waals surface area contributed by atoms with Gasteiger partial charge in [-0.05, 0) is 24.6 Å². The third-order valence-corrected chi connectivity index (χ3v) is 2.54. The van der Waals surface area contributed by atoms with Crippen molar-refractivity contribution in [1.29, 1.82) is 0 Å². The van der Waals surface area contributed by atoms with E-state index >= 15 is 0 Å². The van der Waals surface area contributed by atoms with Crippen LogP contribution in [0, 0.1) is 0 Å². The number of hydrogen-bond donors (Lipinski definition) is 1. The van der Waals surface area contributed by atoms with Crippen molar-refractivity contribution in [3.63, 3.8) is 0 Å². The van der Waals surface area contributed by atoms with E-state index in [4.69, 9.17) is 5.11 Å². The summed E-state index contributed by atoms with van der Waals surface area (Å²) >= 11 is 0. The summed E-state index contributed by atoms with van der Waals surface area (Å²) in [6, 6.07) is -0.272. The highest BCUT2D eigenvalue weighted by Crippen LogP contribution is 2.47. The van der Waals surface area contributed by atoms with E-state index in [1.54, 1.807) is 0 Å². The lowest BCUT2D eigenvalue weighted by Gasteiger charge is -2.22. The van der Waals surface area contributed by atoms with Gasteiger partial charge in [0.25, 0.3) is 0 Å². The SMILES string of the molecule is CC(O)c1cc(C(F)(F)F)c(C(F)(F)F)c(C(F)(F)F)c1. The van der Waals surface area contributed by atoms with Gasteiger partial charge in [-0.3, -0.25) is 0 Å². The van der Waals surface area contributed by atoms with Crippen molar-refractivity contribution in [1.82, 2.24) is 0 Å². The molecule has 0 radical (unpaired) electrons. The van der Waals surface area contributed by atoms with Crippen molar-refractivity contribution in [3.8, 4) is 0 Å². The van der Waals surface area contributed by atoms with Gasteiger partial charge in [0.05, 0.1) is 22.8 Å². The summed E-state index contributed by atoms with van der Waals surface area (Å²) in [5.74, 6) is 0. The van der Waals surface area contributed by atoms with Crippen molar-refractivity contribution < 1.29 is 44.6 Å². The Hall–Kier alpha value is -1.45. The number of alkyl halides is 9. The Morgan fingerprint density at radius 3 is 1.29 bits per heavy atom. The van der Waals surface area contributed by atoms with Gasteiger partial charge in [-0.2, -0.15) is 39.5 Å². The number of aliphatic hydroxyl groups excluding tert-OH is 1. The molecule has 0 heterocycles. The van der Waals surface area contributed by atoms with Gasteiger partial charge in [-0.15, -0.1) is 0 Å². The lowest BCUT2D eigenvalue weighted by atomic mass is 9.94. The summed E-state index contributed by atoms with van der Waals surface area (Å²) in [5.41, 5.74) is -8.70. The summed E-state index contributed by atoms with van der Waals surface area (Å²) in [6.45, 7) is 0.836. The van der Waals surface area contributed by atoms with Crippen LogP contribution in [-0.2, 0) is 18.5 Å². The molecule has 1 aromatic rings. The van der Waals surface area contributed by atoms with E-state index in [0.717, 1.165) is 6.92 Å². The topological polar surface area (TPSA) is 20.2 Å². The van der Waals surface area contributed by atoms with Crippen molar-refractivity contribution in [2.24, 2.45) is 0 Å². The Morgan fingerprint density at radius 2 is 1.10 bits per heavy atom. The first-order valence-electron chi connectivity index (χ1n) is 5.23. The molecule has 0 aliphatic heterocycles. The van der Waals surface area contributed by atoms with Gasteiger partial charge >= 0.3 is 18.5 Å². The first kappa shape index (κ1) is 17.6. The van der Waals surface area contributed by atoms with Crippen LogP contribution in [-0.4, -0.2) is 5.11 Å². The second kappa shape index (κ2) is 5.08. The lowest BCUT2D eigenvalue weighted by Crippen LogP contribution is -2.23. The molecule has 1 rings (SSSR count). The average molecular weight is 326 g/mol. The molecule has 1 N–H and O–H groups in total. The first-order chi connectivity index (χ1) is 9.15. The molecule has 1 nitrogen and oxygen atoms in total. The van der Waals surface area contributed by atoms with Crippen molar-refractivity contribution in [2.75, 3.05) is 0 Å². The van der Waals surface area contributed by atoms with Gasteiger partial charge < -0.3 is 5.11 Å². The van der Waals surface area contributed by atoms with Crippen LogP contribution in [0.1, 0.15) is 35.3 Å². The molecule has 0 fully saturated rings. The number of aliphatic hydroxyl groups is 1. The largest absolute Gasteiger partial charge is 0.417 e. The second-order valence-electron chi connectivity index (χ2n) is 4.16. The van der Waals surface area contributed by atoms with Crippen molar-refractivity contribution >= 4 is 0 Å². The van der Waals surface area contributed by atoms with Crippen molar-refractivity contribution in [2.45, 2.75) is 31.6 Å². The van der Waals surface area contributed by atoms with Gasteiger partial charge in [-0.1, -0.05) is 0 Å². The van der Waals surface area contributed by atoms with Crippen LogP contribution in [0.5, 0.6) is 0 Å². The molecule has 0 aromatic heterocycles. The summed E-state index contributed by atoms with van der Waals surface area (Å²) < 4.78 is 114. The molecule has 1 unspecified atom stereocenters. The molecular formula is C11H7F9O. The zero-order valence-corrected chi connectivity index (χ0v) is 10.1. The fourth-order valence-electron chi connectivity index (χ4n) is 1.66. The van der Waals surface area contributed by atoms with E-state index in [0.29, 0.717) is 0 Å². The summed E-state index contributed by atoms with van der Waals surface area (Å²) in [6.07, 6.45) is -19.0. The number of rotatable bonds is 1. The normalized spacial score (nSPS) is 15.2. The second-order valence-corrected chi connectivity index (χ2v) is 4.16. The van der Waals surface area contributed by atoms with Gasteiger partial charge in [0, 0.05) is 0 Å². The Bertz CT molecular complexity index is 487. The van der Waals surface area contributed by atoms with Crippen LogP contribution in [0.15, 0.2) is 12.1 Å². The molecule has 120 valence electrons. The Kier molecular flexibility index (Phi) is 4.25. The lowest BCUT2D eigenvalue weighted by molar-refractivity contribution is -0.174. The molecule has 0 spiro atoms. The average Bonchev–Trinajstić information content (AvgIpc) is 2.23. The zero-order valence-electron chi connectivity index (χ0n) is 10.1. The Labute approximate surface area is 112 Å². The summed E-state index contributed by atoms with van der Waals surface area (Å²) in [7, 11) is 0. The van der Waals surface area contributed by atoms with Gasteiger partial charge in [0.2, 0.25) is 0 Å². The van der Waals surface area contributed by atoms with E-state index in [9.17, 15) is 39.5 Å². The highest BCUT2D eigenvalue weighted by Gasteiger charge is 2.50. The minimum Gasteiger partial charge on any atom is -0.389 e. The molecule has 21 heavy (non-hydrogen) atoms. The van der Waals surface area contributed by atoms with Crippen LogP contribution in [0.4, 0.5) is 39.5 Å². The molecule has 0 amide bonds. The smallest absolute Gasteiger partial charge is 0.389 e. The molecule has 0 aliphatic carbocycles. The number of hydrogen-bond acceptors (Lipinski definition) is 1. The Morgan fingerprint density at radius 1 is 0.762 bits per heavy atom. The maximum absolute atomic E-state index is 12.6. The molecule has 1 aromatic carbocycles. The van der Waals surface area contributed by atoms with Gasteiger partial charge in [0.15, 0.2) is 0 Å². The monoisotopic (exact) mass is 326 g/mol. The van der Waals surface area contributed by atoms with E-state index in [1.165, 1.54) is 0 Å². The Balaban J connectivity index is 3.88. The quantitative estimate of drug-likeness (QED) is 0.735. The van der Waals surface area contributed by atoms with Crippen LogP contribution < -0.4 is 0 Å². The molecule has 0 saturated carbocycles. The van der Waals surface area contributed by atoms with Crippen LogP contribution in [0.3, 0.4) is 0 Å². The third-order valence-electron chi connectivity index (χ3n) is 2.54. The third kappa shape index (κ3) is 3.80. The standard InChI is InChI=1S/C11H7F9O/c1-4(21)5-2-6(9(12,13)14)8(11(18,19)20)7(3-5)10(15,16)17/h2-4,21H,1H3. The predicted molar refractivity (Wildman–Crippen MR) is 52.1 cm³/mol. The minimum atomic E-state index is -5.85. The molecule has 0 saturated heterocycles. The summed E-state index contributed by atoms with van der Waals surface area (Å²) in [5, 5.41) is 9.08. The molecule has 1 atom stereocenters. The highest BCUT2D eigenvalue weighted by molar-refractivity contribution is 5.45. The fraction of sp³-hybridized carbons (Fsp3) is 0.455. The van der Waals surface area contributed by atoms with Crippen LogP contribution in [0.25, 0.3) is 0 Å². The summed E-state index contributed by atoms with van der Waals surface area (Å²) in [4.78, 5) is 0. The molecular weight excluding hydrogens is 319 g/mol. The van der Waals surface area contributed by atoms with Gasteiger partial charge in [0.1, 0.15) is 0 Å². The van der Waals surface area contributed by atoms with Crippen molar-refractivity contribution in [3.05, 3.63) is 34.4 Å². The van der Waals surface area contributed by atoms with E-state index in [1.807, 2.05) is 0 Å². The van der Waals surface area contributed by atoms with Crippen LogP contribution in [0.2, 0.25) is 0 Å². The predicted octanol–water partition coefficient (Wildman–Crippen LogP) is 4.80. The molecule has 0 bridgehead atoms. The number of benzene rings is 1. The maximum atomic E-state index is 12.6. The van der Waals surface area contributed by atoms with E-state index < -0.39 is 46.9 Å². The zero-order chi connectivity index (χ0) is 16.8. The number of halogens is 9. The molecule has 10 heteroatoms. The first-order valence-corrected chi connectivity index (χ1v) is 5.23. The van der Waals surface area contributed by atoms with E-state index in [2.05, 4.69) is 0 Å². The van der Waals surface area contributed by atoms with E-state index in [-0.39, 0.29) is 12.1 Å². The minimum absolute atomic E-state index is 0.136. The fourth-order valence-corrected chi connectivity index (χ4v) is 1.66. The van der Waals surface area contributed by atoms with Gasteiger partial charge in [-0.25, -0.2) is 0 Å².